The largest absolute Gasteiger partial charge is 0.506 e. The molecule has 1 amide bonds. The molecule has 1 aliphatic heterocycles. The predicted molar refractivity (Wildman–Crippen MR) is 92.9 cm³/mol. The van der Waals surface area contributed by atoms with Crippen LogP contribution in [0.4, 0.5) is 5.69 Å². The van der Waals surface area contributed by atoms with Crippen LogP contribution in [-0.2, 0) is 27.8 Å². The Kier molecular flexibility index (Phi) is 4.54. The van der Waals surface area contributed by atoms with Crippen LogP contribution in [-0.4, -0.2) is 33.1 Å². The van der Waals surface area contributed by atoms with E-state index in [2.05, 4.69) is 0 Å². The Labute approximate surface area is 146 Å². The number of phenols is 1. The van der Waals surface area contributed by atoms with Gasteiger partial charge in [0.05, 0.1) is 12.8 Å². The molecule has 2 N–H and O–H groups in total. The minimum absolute atomic E-state index is 0.0866. The number of anilines is 1. The Hall–Kier alpha value is -2.74. The zero-order chi connectivity index (χ0) is 18.0. The third-order valence-corrected chi connectivity index (χ3v) is 5.36. The first kappa shape index (κ1) is 17.1. The number of aromatic hydroxyl groups is 1. The van der Waals surface area contributed by atoms with E-state index in [1.54, 1.807) is 13.2 Å². The van der Waals surface area contributed by atoms with Crippen molar-refractivity contribution in [1.82, 2.24) is 4.72 Å². The zero-order valence-electron chi connectivity index (χ0n) is 13.6. The highest BCUT2D eigenvalue weighted by Crippen LogP contribution is 2.31. The molecule has 1 fully saturated rings. The number of ether oxygens (including phenoxy) is 1. The first-order valence-electron chi connectivity index (χ1n) is 7.67. The lowest BCUT2D eigenvalue weighted by Gasteiger charge is -2.16. The number of nitrogens with one attached hydrogen (secondary N) is 1. The van der Waals surface area contributed by atoms with E-state index in [1.165, 1.54) is 12.1 Å². The monoisotopic (exact) mass is 362 g/mol. The number of methoxy groups -OCH3 is 1. The Balaban J connectivity index is 1.75. The minimum atomic E-state index is -3.93. The molecule has 2 aromatic rings. The molecule has 0 bridgehead atoms. The standard InChI is InChI=1S/C17H18N2O5S/c1-24-14-4-2-3-12(9-14)5-6-13-7-8-15(16(20)10-13)19-11-17(21)18-25(19,22)23/h2-4,7-10,20H,5-6,11H2,1H3,(H,18,21). The molecule has 0 spiro atoms. The summed E-state index contributed by atoms with van der Waals surface area (Å²) in [4.78, 5) is 11.3. The smallest absolute Gasteiger partial charge is 0.326 e. The van der Waals surface area contributed by atoms with Crippen molar-refractivity contribution in [3.8, 4) is 11.5 Å². The highest BCUT2D eigenvalue weighted by Gasteiger charge is 2.35. The molecule has 132 valence electrons. The Morgan fingerprint density at radius 3 is 2.48 bits per heavy atom. The molecule has 0 aliphatic carbocycles. The fraction of sp³-hybridized carbons (Fsp3) is 0.235. The Bertz CT molecular complexity index is 911. The minimum Gasteiger partial charge on any atom is -0.506 e. The van der Waals surface area contributed by atoms with Gasteiger partial charge in [0, 0.05) is 0 Å². The fourth-order valence-corrected chi connectivity index (χ4v) is 3.88. The van der Waals surface area contributed by atoms with Gasteiger partial charge in [0.25, 0.3) is 5.91 Å². The number of benzene rings is 2. The fourth-order valence-electron chi connectivity index (χ4n) is 2.71. The molecule has 1 aliphatic rings. The summed E-state index contributed by atoms with van der Waals surface area (Å²) in [5, 5.41) is 10.2. The summed E-state index contributed by atoms with van der Waals surface area (Å²) in [6.07, 6.45) is 1.42. The van der Waals surface area contributed by atoms with Crippen LogP contribution in [0.15, 0.2) is 42.5 Å². The van der Waals surface area contributed by atoms with Crippen LogP contribution < -0.4 is 13.8 Å². The van der Waals surface area contributed by atoms with Gasteiger partial charge in [0.15, 0.2) is 0 Å². The molecule has 3 rings (SSSR count). The number of carbonyl (C=O) groups excluding carboxylic acids is 1. The summed E-state index contributed by atoms with van der Waals surface area (Å²) in [6.45, 7) is -0.334. The molecule has 0 aromatic heterocycles. The summed E-state index contributed by atoms with van der Waals surface area (Å²) in [5.41, 5.74) is 2.04. The maximum absolute atomic E-state index is 11.9. The lowest BCUT2D eigenvalue weighted by atomic mass is 10.0. The predicted octanol–water partition coefficient (Wildman–Crippen LogP) is 1.37. The molecule has 7 nitrogen and oxygen atoms in total. The molecule has 25 heavy (non-hydrogen) atoms. The van der Waals surface area contributed by atoms with Crippen LogP contribution in [0.25, 0.3) is 0 Å². The van der Waals surface area contributed by atoms with Gasteiger partial charge in [-0.3, -0.25) is 4.79 Å². The normalized spacial score (nSPS) is 15.9. The van der Waals surface area contributed by atoms with Crippen LogP contribution in [0.5, 0.6) is 11.5 Å². The average molecular weight is 362 g/mol. The third kappa shape index (κ3) is 3.69. The van der Waals surface area contributed by atoms with Crippen molar-refractivity contribution in [1.29, 1.82) is 0 Å². The van der Waals surface area contributed by atoms with Gasteiger partial charge in [0.2, 0.25) is 0 Å². The second-order valence-electron chi connectivity index (χ2n) is 5.71. The number of nitrogens with zero attached hydrogens (tertiary/aromatic N) is 1. The van der Waals surface area contributed by atoms with Gasteiger partial charge in [-0.05, 0) is 48.2 Å². The first-order valence-corrected chi connectivity index (χ1v) is 9.11. The molecule has 0 atom stereocenters. The number of rotatable bonds is 5. The van der Waals surface area contributed by atoms with Crippen molar-refractivity contribution >= 4 is 21.8 Å². The topological polar surface area (TPSA) is 95.9 Å². The van der Waals surface area contributed by atoms with E-state index in [9.17, 15) is 18.3 Å². The summed E-state index contributed by atoms with van der Waals surface area (Å²) in [6, 6.07) is 12.5. The zero-order valence-corrected chi connectivity index (χ0v) is 14.4. The third-order valence-electron chi connectivity index (χ3n) is 3.97. The molecule has 0 radical (unpaired) electrons. The van der Waals surface area contributed by atoms with Gasteiger partial charge < -0.3 is 9.84 Å². The SMILES string of the molecule is COc1cccc(CCc2ccc(N3CC(=O)NS3(=O)=O)c(O)c2)c1. The van der Waals surface area contributed by atoms with Crippen molar-refractivity contribution in [3.05, 3.63) is 53.6 Å². The number of carbonyl (C=O) groups is 1. The van der Waals surface area contributed by atoms with Crippen molar-refractivity contribution in [2.24, 2.45) is 0 Å². The van der Waals surface area contributed by atoms with Gasteiger partial charge in [-0.25, -0.2) is 9.03 Å². The summed E-state index contributed by atoms with van der Waals surface area (Å²) in [5.74, 6) is -0.0168. The van der Waals surface area contributed by atoms with Gasteiger partial charge in [-0.2, -0.15) is 8.42 Å². The second-order valence-corrected chi connectivity index (χ2v) is 7.31. The van der Waals surface area contributed by atoms with E-state index >= 15 is 0 Å². The summed E-state index contributed by atoms with van der Waals surface area (Å²) < 4.78 is 31.6. The molecule has 2 aromatic carbocycles. The van der Waals surface area contributed by atoms with Crippen LogP contribution in [0.3, 0.4) is 0 Å². The maximum atomic E-state index is 11.9. The Morgan fingerprint density at radius 2 is 1.88 bits per heavy atom. The number of hydrogen-bond acceptors (Lipinski definition) is 5. The van der Waals surface area contributed by atoms with Gasteiger partial charge in [0.1, 0.15) is 18.0 Å². The summed E-state index contributed by atoms with van der Waals surface area (Å²) in [7, 11) is -2.31. The number of phenolic OH excluding ortho intramolecular Hbond substituents is 1. The van der Waals surface area contributed by atoms with Crippen molar-refractivity contribution in [2.75, 3.05) is 18.0 Å². The Morgan fingerprint density at radius 1 is 1.16 bits per heavy atom. The van der Waals surface area contributed by atoms with Crippen molar-refractivity contribution in [3.63, 3.8) is 0 Å². The van der Waals surface area contributed by atoms with Crippen LogP contribution >= 0.6 is 0 Å². The van der Waals surface area contributed by atoms with Gasteiger partial charge >= 0.3 is 10.2 Å². The molecular formula is C17H18N2O5S. The lowest BCUT2D eigenvalue weighted by molar-refractivity contribution is -0.117. The van der Waals surface area contributed by atoms with Crippen LogP contribution in [0.2, 0.25) is 0 Å². The van der Waals surface area contributed by atoms with Crippen LogP contribution in [0, 0.1) is 0 Å². The average Bonchev–Trinajstić information content (AvgIpc) is 2.85. The van der Waals surface area contributed by atoms with Gasteiger partial charge in [-0.15, -0.1) is 0 Å². The van der Waals surface area contributed by atoms with E-state index in [4.69, 9.17) is 4.74 Å². The number of hydrogen-bond donors (Lipinski definition) is 2. The van der Waals surface area contributed by atoms with E-state index < -0.39 is 16.1 Å². The lowest BCUT2D eigenvalue weighted by Crippen LogP contribution is -2.29. The second kappa shape index (κ2) is 6.64. The molecule has 0 saturated carbocycles. The number of amides is 1. The quantitative estimate of drug-likeness (QED) is 0.837. The van der Waals surface area contributed by atoms with E-state index in [-0.39, 0.29) is 18.0 Å². The van der Waals surface area contributed by atoms with Crippen molar-refractivity contribution in [2.45, 2.75) is 12.8 Å². The first-order chi connectivity index (χ1) is 11.9. The highest BCUT2D eigenvalue weighted by atomic mass is 32.2. The molecule has 0 unspecified atom stereocenters. The molecular weight excluding hydrogens is 344 g/mol. The molecule has 8 heteroatoms. The van der Waals surface area contributed by atoms with Crippen molar-refractivity contribution < 1.29 is 23.1 Å². The molecule has 1 heterocycles. The van der Waals surface area contributed by atoms with Crippen LogP contribution in [0.1, 0.15) is 11.1 Å². The molecule has 1 saturated heterocycles. The number of aryl methyl sites for hydroxylation is 2. The summed E-state index contributed by atoms with van der Waals surface area (Å²) >= 11 is 0. The van der Waals surface area contributed by atoms with Gasteiger partial charge in [-0.1, -0.05) is 18.2 Å². The van der Waals surface area contributed by atoms with E-state index in [0.717, 1.165) is 27.6 Å². The van der Waals surface area contributed by atoms with E-state index in [0.29, 0.717) is 6.42 Å². The maximum Gasteiger partial charge on any atom is 0.326 e. The van der Waals surface area contributed by atoms with E-state index in [1.807, 2.05) is 29.0 Å². The highest BCUT2D eigenvalue weighted by molar-refractivity contribution is 7.92.